The van der Waals surface area contributed by atoms with Crippen molar-refractivity contribution in [3.63, 3.8) is 0 Å². The lowest BCUT2D eigenvalue weighted by atomic mass is 9.88. The fourth-order valence-electron chi connectivity index (χ4n) is 0.976. The van der Waals surface area contributed by atoms with Crippen LogP contribution in [0.25, 0.3) is 0 Å². The molecule has 0 fully saturated rings. The zero-order valence-corrected chi connectivity index (χ0v) is 11.9. The molecule has 0 radical (unpaired) electrons. The molecule has 0 amide bonds. The average Bonchev–Trinajstić information content (AvgIpc) is 1.99. The maximum atomic E-state index is 9.51. The summed E-state index contributed by atoms with van der Waals surface area (Å²) >= 11 is 1.80. The van der Waals surface area contributed by atoms with Gasteiger partial charge in [0, 0.05) is 24.1 Å². The Hall–Kier alpha value is 0.270. The van der Waals surface area contributed by atoms with E-state index in [9.17, 15) is 5.11 Å². The number of hydrogen-bond acceptors (Lipinski definition) is 3. The molecule has 0 bridgehead atoms. The first-order chi connectivity index (χ1) is 6.63. The van der Waals surface area contributed by atoms with Crippen LogP contribution in [0, 0.1) is 5.41 Å². The molecule has 0 aliphatic carbocycles. The largest absolute Gasteiger partial charge is 0.390 e. The molecule has 0 heterocycles. The Bertz CT molecular complexity index is 169. The maximum Gasteiger partial charge on any atom is 0.0681 e. The van der Waals surface area contributed by atoms with Gasteiger partial charge >= 0.3 is 0 Å². The van der Waals surface area contributed by atoms with Crippen molar-refractivity contribution in [2.45, 2.75) is 53.2 Å². The molecular formula is C12H27NOS. The summed E-state index contributed by atoms with van der Waals surface area (Å²) in [5.74, 6) is 1.86. The van der Waals surface area contributed by atoms with Gasteiger partial charge in [0.25, 0.3) is 0 Å². The van der Waals surface area contributed by atoms with E-state index < -0.39 is 5.60 Å². The third-order valence-corrected chi connectivity index (χ3v) is 3.85. The molecule has 1 atom stereocenters. The molecule has 1 unspecified atom stereocenters. The first kappa shape index (κ1) is 15.3. The summed E-state index contributed by atoms with van der Waals surface area (Å²) in [4.78, 5) is 0. The molecule has 0 saturated carbocycles. The van der Waals surface area contributed by atoms with Gasteiger partial charge in [0.1, 0.15) is 0 Å². The molecule has 0 aliphatic heterocycles. The van der Waals surface area contributed by atoms with Crippen LogP contribution in [0.4, 0.5) is 0 Å². The van der Waals surface area contributed by atoms with Crippen LogP contribution in [-0.4, -0.2) is 34.8 Å². The molecule has 92 valence electrons. The van der Waals surface area contributed by atoms with Gasteiger partial charge in [-0.1, -0.05) is 20.8 Å². The highest BCUT2D eigenvalue weighted by Crippen LogP contribution is 2.18. The van der Waals surface area contributed by atoms with Crippen molar-refractivity contribution in [1.29, 1.82) is 0 Å². The summed E-state index contributed by atoms with van der Waals surface area (Å²) in [7, 11) is 0. The Kier molecular flexibility index (Phi) is 6.23. The normalized spacial score (nSPS) is 15.4. The molecule has 0 aromatic rings. The van der Waals surface area contributed by atoms with Crippen molar-refractivity contribution in [3.8, 4) is 0 Å². The van der Waals surface area contributed by atoms with E-state index in [2.05, 4.69) is 33.0 Å². The third-order valence-electron chi connectivity index (χ3n) is 2.45. The lowest BCUT2D eigenvalue weighted by Crippen LogP contribution is -2.38. The second-order valence-electron chi connectivity index (χ2n) is 5.91. The third kappa shape index (κ3) is 9.21. The monoisotopic (exact) mass is 233 g/mol. The van der Waals surface area contributed by atoms with Gasteiger partial charge in [-0.25, -0.2) is 0 Å². The van der Waals surface area contributed by atoms with Gasteiger partial charge in [-0.3, -0.25) is 0 Å². The Balaban J connectivity index is 3.48. The fraction of sp³-hybridized carbons (Fsp3) is 1.00. The van der Waals surface area contributed by atoms with E-state index in [4.69, 9.17) is 0 Å². The quantitative estimate of drug-likeness (QED) is 0.692. The summed E-state index contributed by atoms with van der Waals surface area (Å²) in [5.41, 5.74) is -0.221. The summed E-state index contributed by atoms with van der Waals surface area (Å²) in [6.45, 7) is 13.7. The van der Waals surface area contributed by atoms with Crippen LogP contribution in [0.3, 0.4) is 0 Å². The van der Waals surface area contributed by atoms with Crippen molar-refractivity contribution < 1.29 is 5.11 Å². The minimum atomic E-state index is -0.541. The van der Waals surface area contributed by atoms with Crippen LogP contribution >= 0.6 is 11.8 Å². The molecule has 0 aliphatic rings. The predicted molar refractivity (Wildman–Crippen MR) is 70.5 cm³/mol. The molecule has 2 nitrogen and oxygen atoms in total. The van der Waals surface area contributed by atoms with E-state index in [1.54, 1.807) is 11.8 Å². The topological polar surface area (TPSA) is 32.3 Å². The van der Waals surface area contributed by atoms with Crippen molar-refractivity contribution >= 4 is 11.8 Å². The SMILES string of the molecule is CC(NCCSCC(C)(C)O)C(C)(C)C. The van der Waals surface area contributed by atoms with E-state index >= 15 is 0 Å². The summed E-state index contributed by atoms with van der Waals surface area (Å²) in [6, 6.07) is 0.528. The van der Waals surface area contributed by atoms with E-state index in [0.29, 0.717) is 11.5 Å². The number of nitrogens with one attached hydrogen (secondary N) is 1. The van der Waals surface area contributed by atoms with Crippen molar-refractivity contribution in [2.75, 3.05) is 18.1 Å². The van der Waals surface area contributed by atoms with Crippen molar-refractivity contribution in [1.82, 2.24) is 5.32 Å². The fourth-order valence-corrected chi connectivity index (χ4v) is 1.88. The highest BCUT2D eigenvalue weighted by Gasteiger charge is 2.18. The summed E-state index contributed by atoms with van der Waals surface area (Å²) in [5, 5.41) is 13.0. The van der Waals surface area contributed by atoms with Crippen molar-refractivity contribution in [2.24, 2.45) is 5.41 Å². The first-order valence-corrected chi connectivity index (χ1v) is 6.82. The number of rotatable bonds is 6. The number of aliphatic hydroxyl groups is 1. The summed E-state index contributed by atoms with van der Waals surface area (Å²) in [6.07, 6.45) is 0. The van der Waals surface area contributed by atoms with Gasteiger partial charge in [-0.2, -0.15) is 11.8 Å². The van der Waals surface area contributed by atoms with Gasteiger partial charge in [-0.05, 0) is 26.2 Å². The molecule has 15 heavy (non-hydrogen) atoms. The van der Waals surface area contributed by atoms with Crippen LogP contribution < -0.4 is 5.32 Å². The second-order valence-corrected chi connectivity index (χ2v) is 7.01. The van der Waals surface area contributed by atoms with Crippen LogP contribution in [0.1, 0.15) is 41.5 Å². The maximum absolute atomic E-state index is 9.51. The van der Waals surface area contributed by atoms with Gasteiger partial charge in [0.2, 0.25) is 0 Å². The standard InChI is InChI=1S/C12H27NOS/c1-10(11(2,3)4)13-7-8-15-9-12(5,6)14/h10,13-14H,7-9H2,1-6H3. The Morgan fingerprint density at radius 3 is 2.13 bits per heavy atom. The molecule has 2 N–H and O–H groups in total. The van der Waals surface area contributed by atoms with Crippen LogP contribution in [-0.2, 0) is 0 Å². The highest BCUT2D eigenvalue weighted by atomic mass is 32.2. The van der Waals surface area contributed by atoms with E-state index in [1.807, 2.05) is 13.8 Å². The zero-order valence-electron chi connectivity index (χ0n) is 11.1. The second kappa shape index (κ2) is 6.12. The van der Waals surface area contributed by atoms with Gasteiger partial charge in [-0.15, -0.1) is 0 Å². The summed E-state index contributed by atoms with van der Waals surface area (Å²) < 4.78 is 0. The lowest BCUT2D eigenvalue weighted by Gasteiger charge is -2.28. The zero-order chi connectivity index (χ0) is 12.1. The van der Waals surface area contributed by atoms with E-state index in [0.717, 1.165) is 18.1 Å². The van der Waals surface area contributed by atoms with Gasteiger partial charge < -0.3 is 10.4 Å². The number of thioether (sulfide) groups is 1. The van der Waals surface area contributed by atoms with Crippen LogP contribution in [0.5, 0.6) is 0 Å². The molecule has 0 saturated heterocycles. The Morgan fingerprint density at radius 1 is 1.20 bits per heavy atom. The molecule has 3 heteroatoms. The first-order valence-electron chi connectivity index (χ1n) is 5.66. The number of hydrogen-bond donors (Lipinski definition) is 2. The van der Waals surface area contributed by atoms with Gasteiger partial charge in [0.05, 0.1) is 5.60 Å². The van der Waals surface area contributed by atoms with E-state index in [1.165, 1.54) is 0 Å². The Morgan fingerprint density at radius 2 is 1.73 bits per heavy atom. The molecular weight excluding hydrogens is 206 g/mol. The molecule has 0 aromatic heterocycles. The highest BCUT2D eigenvalue weighted by molar-refractivity contribution is 7.99. The van der Waals surface area contributed by atoms with Crippen LogP contribution in [0.15, 0.2) is 0 Å². The molecule has 0 rings (SSSR count). The minimum Gasteiger partial charge on any atom is -0.390 e. The molecule has 0 spiro atoms. The minimum absolute atomic E-state index is 0.320. The van der Waals surface area contributed by atoms with Gasteiger partial charge in [0.15, 0.2) is 0 Å². The lowest BCUT2D eigenvalue weighted by molar-refractivity contribution is 0.107. The average molecular weight is 233 g/mol. The van der Waals surface area contributed by atoms with Crippen LogP contribution in [0.2, 0.25) is 0 Å². The van der Waals surface area contributed by atoms with E-state index in [-0.39, 0.29) is 0 Å². The molecule has 0 aromatic carbocycles. The van der Waals surface area contributed by atoms with Crippen molar-refractivity contribution in [3.05, 3.63) is 0 Å². The smallest absolute Gasteiger partial charge is 0.0681 e. The Labute approximate surface area is 99.2 Å². The predicted octanol–water partition coefficient (Wildman–Crippen LogP) is 2.51.